The van der Waals surface area contributed by atoms with E-state index in [1.807, 2.05) is 0 Å². The first-order chi connectivity index (χ1) is 18.0. The van der Waals surface area contributed by atoms with E-state index < -0.39 is 68.7 Å². The molecule has 0 unspecified atom stereocenters. The Morgan fingerprint density at radius 1 is 1.00 bits per heavy atom. The number of carbonyl (C=O) groups is 2. The molecule has 0 saturated heterocycles. The van der Waals surface area contributed by atoms with Crippen molar-refractivity contribution in [2.75, 3.05) is 5.32 Å². The average molecular weight is 561 g/mol. The van der Waals surface area contributed by atoms with Crippen molar-refractivity contribution in [3.8, 4) is 23.0 Å². The summed E-state index contributed by atoms with van der Waals surface area (Å²) in [7, 11) is 15.9. The molecule has 1 aromatic heterocycles. The minimum atomic E-state index is -5.30. The van der Waals surface area contributed by atoms with Gasteiger partial charge < -0.3 is 25.3 Å². The van der Waals surface area contributed by atoms with Gasteiger partial charge in [0.25, 0.3) is 11.8 Å². The summed E-state index contributed by atoms with van der Waals surface area (Å²) in [5, 5.41) is -0.817. The number of hydrogen-bond donors (Lipinski definition) is 2. The molecule has 0 aliphatic rings. The molecule has 3 rings (SSSR count). The molecule has 2 aromatic carbocycles. The molecule has 3 aromatic rings. The van der Waals surface area contributed by atoms with Gasteiger partial charge in [0.05, 0.1) is 5.02 Å². The zero-order valence-electron chi connectivity index (χ0n) is 19.5. The van der Waals surface area contributed by atoms with Crippen molar-refractivity contribution < 1.29 is 45.8 Å². The highest BCUT2D eigenvalue weighted by atomic mass is 35.5. The Kier molecular flexibility index (Phi) is 8.39. The minimum Gasteiger partial charge on any atom is -0.510 e. The standard InChI is InChI=1S/C22H12B3ClF5N3O5/c1-8-7-33-11(19(32)35)6-10(8)34-20(36)15-12(3-2-9(26)16(15)27)37-14-5-4-13(38-22(29,30)31)17(28)18(14)39-21(23,24)25/h2-7H,1H3,(H2,32,35)(H,33,34,36). The van der Waals surface area contributed by atoms with Crippen molar-refractivity contribution >= 4 is 52.6 Å². The number of halogens is 6. The van der Waals surface area contributed by atoms with Crippen LogP contribution in [0.15, 0.2) is 36.5 Å². The highest BCUT2D eigenvalue weighted by Crippen LogP contribution is 2.42. The second-order valence-corrected chi connectivity index (χ2v) is 8.15. The lowest BCUT2D eigenvalue weighted by atomic mass is 9.52. The van der Waals surface area contributed by atoms with Gasteiger partial charge in [0, 0.05) is 11.9 Å². The topological polar surface area (TPSA) is 113 Å². The smallest absolute Gasteiger partial charge is 0.510 e. The lowest BCUT2D eigenvalue weighted by Crippen LogP contribution is -2.38. The number of nitrogens with one attached hydrogen (secondary N) is 1. The van der Waals surface area contributed by atoms with Crippen molar-refractivity contribution in [2.45, 2.75) is 18.6 Å². The van der Waals surface area contributed by atoms with E-state index in [0.717, 1.165) is 24.3 Å². The maximum absolute atomic E-state index is 15.1. The molecule has 17 heteroatoms. The van der Waals surface area contributed by atoms with Crippen molar-refractivity contribution in [1.29, 1.82) is 0 Å². The number of carbonyl (C=O) groups excluding carboxylic acids is 2. The van der Waals surface area contributed by atoms with Gasteiger partial charge in [-0.2, -0.15) is 4.39 Å². The second-order valence-electron chi connectivity index (χ2n) is 7.75. The fourth-order valence-electron chi connectivity index (χ4n) is 3.00. The van der Waals surface area contributed by atoms with Crippen LogP contribution in [0.25, 0.3) is 0 Å². The van der Waals surface area contributed by atoms with Gasteiger partial charge in [0.2, 0.25) is 5.82 Å². The van der Waals surface area contributed by atoms with Crippen molar-refractivity contribution in [2.24, 2.45) is 5.73 Å². The summed E-state index contributed by atoms with van der Waals surface area (Å²) in [6.07, 6.45) is -4.08. The summed E-state index contributed by atoms with van der Waals surface area (Å²) in [4.78, 5) is 28.3. The maximum atomic E-state index is 15.1. The quantitative estimate of drug-likeness (QED) is 0.319. The van der Waals surface area contributed by atoms with Crippen molar-refractivity contribution in [1.82, 2.24) is 4.98 Å². The molecule has 2 amide bonds. The van der Waals surface area contributed by atoms with Gasteiger partial charge in [-0.05, 0) is 48.1 Å². The molecule has 0 fully saturated rings. The summed E-state index contributed by atoms with van der Waals surface area (Å²) in [6.45, 7) is 1.51. The van der Waals surface area contributed by atoms with Crippen LogP contribution >= 0.6 is 11.6 Å². The number of aromatic nitrogens is 1. The highest BCUT2D eigenvalue weighted by molar-refractivity contribution is 6.58. The minimum absolute atomic E-state index is 0.0111. The predicted molar refractivity (Wildman–Crippen MR) is 131 cm³/mol. The first kappa shape index (κ1) is 29.6. The van der Waals surface area contributed by atoms with Crippen LogP contribution in [-0.4, -0.2) is 52.0 Å². The van der Waals surface area contributed by atoms with Gasteiger partial charge >= 0.3 is 6.36 Å². The third kappa shape index (κ3) is 7.34. The van der Waals surface area contributed by atoms with E-state index in [4.69, 9.17) is 50.3 Å². The average Bonchev–Trinajstić information content (AvgIpc) is 2.80. The molecule has 196 valence electrons. The molecule has 8 nitrogen and oxygen atoms in total. The Morgan fingerprint density at radius 2 is 1.62 bits per heavy atom. The summed E-state index contributed by atoms with van der Waals surface area (Å²) in [6, 6.07) is 4.34. The molecule has 0 spiro atoms. The molecule has 3 N–H and O–H groups in total. The number of nitrogens with zero attached hydrogens (tertiary/aromatic N) is 1. The molecule has 6 radical (unpaired) electrons. The fourth-order valence-corrected chi connectivity index (χ4v) is 3.16. The lowest BCUT2D eigenvalue weighted by molar-refractivity contribution is -0.275. The highest BCUT2D eigenvalue weighted by Gasteiger charge is 2.34. The van der Waals surface area contributed by atoms with Crippen LogP contribution < -0.4 is 25.3 Å². The van der Waals surface area contributed by atoms with Gasteiger partial charge in [-0.3, -0.25) is 14.6 Å². The van der Waals surface area contributed by atoms with E-state index in [-0.39, 0.29) is 11.4 Å². The Labute approximate surface area is 226 Å². The predicted octanol–water partition coefficient (Wildman–Crippen LogP) is 3.86. The van der Waals surface area contributed by atoms with E-state index in [1.54, 1.807) is 0 Å². The molecule has 1 heterocycles. The first-order valence-corrected chi connectivity index (χ1v) is 10.7. The third-order valence-electron chi connectivity index (χ3n) is 4.64. The van der Waals surface area contributed by atoms with E-state index in [9.17, 15) is 27.2 Å². The van der Waals surface area contributed by atoms with Crippen LogP contribution in [0.1, 0.15) is 26.4 Å². The van der Waals surface area contributed by atoms with Crippen LogP contribution in [0.4, 0.5) is 27.6 Å². The van der Waals surface area contributed by atoms with Crippen LogP contribution in [0, 0.1) is 18.6 Å². The largest absolute Gasteiger partial charge is 0.573 e. The monoisotopic (exact) mass is 561 g/mol. The molecule has 0 atom stereocenters. The summed E-state index contributed by atoms with van der Waals surface area (Å²) in [5.74, 6) is -9.04. The summed E-state index contributed by atoms with van der Waals surface area (Å²) < 4.78 is 81.8. The molecule has 0 aliphatic heterocycles. The van der Waals surface area contributed by atoms with Gasteiger partial charge in [-0.25, -0.2) is 4.39 Å². The third-order valence-corrected chi connectivity index (χ3v) is 4.93. The normalized spacial score (nSPS) is 11.6. The van der Waals surface area contributed by atoms with Crippen LogP contribution in [0.3, 0.4) is 0 Å². The second kappa shape index (κ2) is 11.0. The Morgan fingerprint density at radius 3 is 2.21 bits per heavy atom. The van der Waals surface area contributed by atoms with E-state index >= 15 is 4.39 Å². The van der Waals surface area contributed by atoms with Crippen LogP contribution in [0.5, 0.6) is 23.0 Å². The van der Waals surface area contributed by atoms with Crippen molar-refractivity contribution in [3.05, 3.63) is 70.0 Å². The number of ether oxygens (including phenoxy) is 3. The van der Waals surface area contributed by atoms with E-state index in [1.165, 1.54) is 13.1 Å². The zero-order valence-corrected chi connectivity index (χ0v) is 20.3. The number of primary amides is 1. The maximum Gasteiger partial charge on any atom is 0.573 e. The molecule has 0 saturated carbocycles. The summed E-state index contributed by atoms with van der Waals surface area (Å²) in [5.41, 5.74) is 4.50. The van der Waals surface area contributed by atoms with E-state index in [2.05, 4.69) is 15.0 Å². The molecule has 0 bridgehead atoms. The number of benzene rings is 2. The molecular formula is C22H12B3ClF5N3O5. The number of hydrogen-bond acceptors (Lipinski definition) is 6. The van der Waals surface area contributed by atoms with Gasteiger partial charge in [-0.15, -0.1) is 13.2 Å². The Hall–Kier alpha value is -3.94. The number of anilines is 1. The van der Waals surface area contributed by atoms with Crippen molar-refractivity contribution in [3.63, 3.8) is 0 Å². The first-order valence-electron chi connectivity index (χ1n) is 10.3. The Bertz CT molecular complexity index is 1450. The SMILES string of the molecule is [B]C([B])([B])Oc1c(Oc2ccc(Cl)c(F)c2C(=O)Nc2cc(C(N)=O)ncc2C)ccc(OC(F)(F)F)c1F. The van der Waals surface area contributed by atoms with Crippen LogP contribution in [0.2, 0.25) is 5.02 Å². The number of rotatable bonds is 8. The molecular weight excluding hydrogens is 549 g/mol. The van der Waals surface area contributed by atoms with E-state index in [0.29, 0.717) is 11.6 Å². The van der Waals surface area contributed by atoms with Gasteiger partial charge in [-0.1, -0.05) is 11.6 Å². The van der Waals surface area contributed by atoms with Crippen LogP contribution in [-0.2, 0) is 0 Å². The molecule has 0 aliphatic carbocycles. The number of aryl methyl sites for hydroxylation is 1. The number of pyridine rings is 1. The fraction of sp³-hybridized carbons (Fsp3) is 0.136. The van der Waals surface area contributed by atoms with Gasteiger partial charge in [0.15, 0.2) is 23.1 Å². The molecule has 39 heavy (non-hydrogen) atoms. The summed E-state index contributed by atoms with van der Waals surface area (Å²) >= 11 is 5.82. The zero-order chi connectivity index (χ0) is 29.3. The lowest BCUT2D eigenvalue weighted by Gasteiger charge is -2.26. The number of amides is 2. The number of nitrogens with two attached hydrogens (primary N) is 1. The number of alkyl halides is 3. The Balaban J connectivity index is 2.09. The van der Waals surface area contributed by atoms with Gasteiger partial charge in [0.1, 0.15) is 40.5 Å².